The summed E-state index contributed by atoms with van der Waals surface area (Å²) in [6.07, 6.45) is -3.49. The van der Waals surface area contributed by atoms with Crippen LogP contribution in [0.4, 0.5) is 0 Å². The van der Waals surface area contributed by atoms with Gasteiger partial charge in [0.05, 0.1) is 5.60 Å². The van der Waals surface area contributed by atoms with E-state index in [1.54, 1.807) is 19.9 Å². The average Bonchev–Trinajstić information content (AvgIpc) is 2.73. The van der Waals surface area contributed by atoms with Gasteiger partial charge in [0.25, 0.3) is 0 Å². The van der Waals surface area contributed by atoms with E-state index in [1.807, 2.05) is 42.5 Å². The van der Waals surface area contributed by atoms with Gasteiger partial charge in [-0.3, -0.25) is 4.79 Å². The van der Waals surface area contributed by atoms with Crippen molar-refractivity contribution < 1.29 is 29.2 Å². The number of hydrogen-bond donors (Lipinski definition) is 3. The molecule has 7 nitrogen and oxygen atoms in total. The molecule has 0 radical (unpaired) electrons. The molecule has 0 bridgehead atoms. The van der Waals surface area contributed by atoms with Crippen LogP contribution in [0.15, 0.2) is 48.5 Å². The third kappa shape index (κ3) is 5.43. The van der Waals surface area contributed by atoms with Gasteiger partial charge in [-0.1, -0.05) is 36.4 Å². The summed E-state index contributed by atoms with van der Waals surface area (Å²) < 4.78 is 17.2. The number of benzene rings is 2. The van der Waals surface area contributed by atoms with Gasteiger partial charge in [0.15, 0.2) is 0 Å². The second-order valence-corrected chi connectivity index (χ2v) is 8.26. The molecule has 1 aliphatic rings. The van der Waals surface area contributed by atoms with E-state index in [4.69, 9.17) is 14.2 Å². The van der Waals surface area contributed by atoms with Crippen LogP contribution in [0.3, 0.4) is 0 Å². The second kappa shape index (κ2) is 9.78. The Morgan fingerprint density at radius 1 is 1.13 bits per heavy atom. The average molecular weight is 430 g/mol. The first-order chi connectivity index (χ1) is 14.7. The van der Waals surface area contributed by atoms with Crippen LogP contribution in [0.25, 0.3) is 11.1 Å². The number of hydrogen-bond acceptors (Lipinski definition) is 6. The van der Waals surface area contributed by atoms with Gasteiger partial charge in [-0.2, -0.15) is 0 Å². The molecule has 0 aromatic heterocycles. The topological polar surface area (TPSA) is 97.3 Å². The first kappa shape index (κ1) is 23.2. The molecule has 1 aliphatic heterocycles. The number of carbonyl (C=O) groups is 1. The Bertz CT molecular complexity index is 885. The number of aliphatic hydroxyl groups is 2. The Kier molecular flexibility index (Phi) is 7.33. The fraction of sp³-hybridized carbons (Fsp3) is 0.458. The summed E-state index contributed by atoms with van der Waals surface area (Å²) >= 11 is 0. The lowest BCUT2D eigenvalue weighted by atomic mass is 9.89. The van der Waals surface area contributed by atoms with Crippen LogP contribution in [-0.4, -0.2) is 60.0 Å². The van der Waals surface area contributed by atoms with Crippen molar-refractivity contribution in [1.82, 2.24) is 5.32 Å². The van der Waals surface area contributed by atoms with Gasteiger partial charge in [0.2, 0.25) is 12.2 Å². The highest BCUT2D eigenvalue weighted by molar-refractivity contribution is 5.73. The molecule has 1 saturated heterocycles. The number of aliphatic hydroxyl groups excluding tert-OH is 2. The molecule has 1 heterocycles. The number of methoxy groups -OCH3 is 1. The van der Waals surface area contributed by atoms with Crippen LogP contribution in [-0.2, 0) is 20.7 Å². The maximum atomic E-state index is 11.2. The smallest absolute Gasteiger partial charge is 0.229 e. The largest absolute Gasteiger partial charge is 0.462 e. The number of rotatable bonds is 7. The molecule has 1 amide bonds. The van der Waals surface area contributed by atoms with Crippen LogP contribution < -0.4 is 10.1 Å². The van der Waals surface area contributed by atoms with E-state index < -0.39 is 30.2 Å². The molecule has 2 aromatic carbocycles. The van der Waals surface area contributed by atoms with E-state index in [0.29, 0.717) is 18.7 Å². The van der Waals surface area contributed by atoms with Crippen molar-refractivity contribution in [3.63, 3.8) is 0 Å². The minimum Gasteiger partial charge on any atom is -0.462 e. The van der Waals surface area contributed by atoms with Gasteiger partial charge < -0.3 is 29.7 Å². The summed E-state index contributed by atoms with van der Waals surface area (Å²) in [5.74, 6) is 0.435. The first-order valence-electron chi connectivity index (χ1n) is 10.4. The summed E-state index contributed by atoms with van der Waals surface area (Å²) in [5, 5.41) is 23.8. The predicted molar refractivity (Wildman–Crippen MR) is 117 cm³/mol. The van der Waals surface area contributed by atoms with Crippen molar-refractivity contribution in [3.05, 3.63) is 54.1 Å². The van der Waals surface area contributed by atoms with Crippen molar-refractivity contribution in [2.75, 3.05) is 13.7 Å². The summed E-state index contributed by atoms with van der Waals surface area (Å²) in [6, 6.07) is 15.5. The minimum absolute atomic E-state index is 0.0693. The standard InChI is InChI=1S/C24H31NO6/c1-15(26)25-13-12-17-10-11-18(14-19(17)16-8-6-5-7-9-16)30-23-21(28)20(27)22(29-4)24(2,3)31-23/h5-11,14,20-23,27-28H,12-13H2,1-4H3,(H,25,26)/t20-,21+,22+,23+/m0/s1. The summed E-state index contributed by atoms with van der Waals surface area (Å²) in [4.78, 5) is 11.2. The fourth-order valence-electron chi connectivity index (χ4n) is 3.95. The van der Waals surface area contributed by atoms with Crippen LogP contribution in [0, 0.1) is 0 Å². The Hall–Kier alpha value is -2.45. The third-order valence-electron chi connectivity index (χ3n) is 5.48. The van der Waals surface area contributed by atoms with E-state index in [0.717, 1.165) is 16.7 Å². The van der Waals surface area contributed by atoms with Crippen LogP contribution in [0.5, 0.6) is 5.75 Å². The molecule has 0 unspecified atom stereocenters. The number of ether oxygens (including phenoxy) is 3. The van der Waals surface area contributed by atoms with E-state index >= 15 is 0 Å². The van der Waals surface area contributed by atoms with Gasteiger partial charge in [-0.25, -0.2) is 0 Å². The molecule has 1 fully saturated rings. The van der Waals surface area contributed by atoms with Crippen LogP contribution >= 0.6 is 0 Å². The second-order valence-electron chi connectivity index (χ2n) is 8.26. The van der Waals surface area contributed by atoms with Crippen molar-refractivity contribution in [2.45, 2.75) is 57.4 Å². The van der Waals surface area contributed by atoms with Gasteiger partial charge in [-0.05, 0) is 49.1 Å². The highest BCUT2D eigenvalue weighted by Crippen LogP contribution is 2.34. The lowest BCUT2D eigenvalue weighted by molar-refractivity contribution is -0.305. The van der Waals surface area contributed by atoms with Crippen LogP contribution in [0.2, 0.25) is 0 Å². The highest BCUT2D eigenvalue weighted by atomic mass is 16.7. The Morgan fingerprint density at radius 2 is 1.84 bits per heavy atom. The highest BCUT2D eigenvalue weighted by Gasteiger charge is 2.50. The zero-order chi connectivity index (χ0) is 22.6. The molecule has 31 heavy (non-hydrogen) atoms. The molecule has 2 aromatic rings. The zero-order valence-corrected chi connectivity index (χ0v) is 18.4. The molecule has 0 aliphatic carbocycles. The molecule has 7 heteroatoms. The molecule has 0 spiro atoms. The fourth-order valence-corrected chi connectivity index (χ4v) is 3.95. The lowest BCUT2D eigenvalue weighted by Crippen LogP contribution is -2.63. The Balaban J connectivity index is 1.86. The number of carbonyl (C=O) groups excluding carboxylic acids is 1. The van der Waals surface area contributed by atoms with E-state index in [2.05, 4.69) is 5.32 Å². The van der Waals surface area contributed by atoms with Gasteiger partial charge >= 0.3 is 0 Å². The predicted octanol–water partition coefficient (Wildman–Crippen LogP) is 2.28. The summed E-state index contributed by atoms with van der Waals surface area (Å²) in [5.41, 5.74) is 2.18. The lowest BCUT2D eigenvalue weighted by Gasteiger charge is -2.46. The maximum absolute atomic E-state index is 11.2. The molecule has 168 valence electrons. The van der Waals surface area contributed by atoms with Crippen molar-refractivity contribution in [2.24, 2.45) is 0 Å². The van der Waals surface area contributed by atoms with Gasteiger partial charge in [0, 0.05) is 20.6 Å². The van der Waals surface area contributed by atoms with E-state index in [1.165, 1.54) is 14.0 Å². The van der Waals surface area contributed by atoms with Gasteiger partial charge in [0.1, 0.15) is 24.1 Å². The van der Waals surface area contributed by atoms with Gasteiger partial charge in [-0.15, -0.1) is 0 Å². The van der Waals surface area contributed by atoms with Crippen LogP contribution in [0.1, 0.15) is 26.3 Å². The number of amides is 1. The third-order valence-corrected chi connectivity index (χ3v) is 5.48. The molecule has 4 atom stereocenters. The zero-order valence-electron chi connectivity index (χ0n) is 18.4. The molecular weight excluding hydrogens is 398 g/mol. The Morgan fingerprint density at radius 3 is 2.48 bits per heavy atom. The monoisotopic (exact) mass is 429 g/mol. The normalized spacial score (nSPS) is 25.1. The quantitative estimate of drug-likeness (QED) is 0.625. The molecule has 3 rings (SSSR count). The molecule has 0 saturated carbocycles. The molecule has 3 N–H and O–H groups in total. The SMILES string of the molecule is CO[C@@H]1[C@@H](O)[C@@H](O)[C@H](Oc2ccc(CCNC(C)=O)c(-c3ccccc3)c2)OC1(C)C. The minimum atomic E-state index is -1.27. The van der Waals surface area contributed by atoms with Crippen molar-refractivity contribution >= 4 is 5.91 Å². The maximum Gasteiger partial charge on any atom is 0.229 e. The first-order valence-corrected chi connectivity index (χ1v) is 10.4. The summed E-state index contributed by atoms with van der Waals surface area (Å²) in [6.45, 7) is 5.59. The van der Waals surface area contributed by atoms with E-state index in [-0.39, 0.29) is 5.91 Å². The summed E-state index contributed by atoms with van der Waals surface area (Å²) in [7, 11) is 1.47. The molecular formula is C24H31NO6. The number of nitrogens with one attached hydrogen (secondary N) is 1. The Labute approximate surface area is 183 Å². The van der Waals surface area contributed by atoms with E-state index in [9.17, 15) is 15.0 Å². The van der Waals surface area contributed by atoms with Crippen molar-refractivity contribution in [1.29, 1.82) is 0 Å². The van der Waals surface area contributed by atoms with Crippen molar-refractivity contribution in [3.8, 4) is 16.9 Å².